The van der Waals surface area contributed by atoms with Crippen LogP contribution in [0.1, 0.15) is 54.3 Å². The summed E-state index contributed by atoms with van der Waals surface area (Å²) in [5.41, 5.74) is -0.706. The Labute approximate surface area is 137 Å². The molecule has 0 spiro atoms. The van der Waals surface area contributed by atoms with Crippen LogP contribution in [0.3, 0.4) is 0 Å². The predicted octanol–water partition coefficient (Wildman–Crippen LogP) is 1.36. The molecule has 122 valence electrons. The second-order valence-electron chi connectivity index (χ2n) is 6.25. The molecule has 1 aromatic rings. The van der Waals surface area contributed by atoms with Crippen LogP contribution >= 0.6 is 11.3 Å². The monoisotopic (exact) mass is 335 g/mol. The van der Waals surface area contributed by atoms with Crippen LogP contribution in [0.5, 0.6) is 0 Å². The van der Waals surface area contributed by atoms with E-state index in [1.54, 1.807) is 5.38 Å². The summed E-state index contributed by atoms with van der Waals surface area (Å²) in [6.07, 6.45) is 0.235. The molecule has 0 bridgehead atoms. The van der Waals surface area contributed by atoms with Gasteiger partial charge in [0.1, 0.15) is 10.5 Å². The van der Waals surface area contributed by atoms with E-state index in [0.29, 0.717) is 16.1 Å². The van der Waals surface area contributed by atoms with Gasteiger partial charge in [0.15, 0.2) is 0 Å². The van der Waals surface area contributed by atoms with Crippen LogP contribution in [0.4, 0.5) is 5.00 Å². The molecule has 2 aliphatic rings. The van der Waals surface area contributed by atoms with Gasteiger partial charge in [-0.2, -0.15) is 0 Å². The molecule has 3 rings (SSSR count). The number of fused-ring (bicyclic) bond motifs is 1. The molecule has 0 aliphatic carbocycles. The van der Waals surface area contributed by atoms with Crippen LogP contribution in [0, 0.1) is 0 Å². The van der Waals surface area contributed by atoms with Crippen molar-refractivity contribution < 1.29 is 19.2 Å². The van der Waals surface area contributed by atoms with Crippen molar-refractivity contribution in [2.45, 2.75) is 45.2 Å². The summed E-state index contributed by atoms with van der Waals surface area (Å²) in [6.45, 7) is 5.40. The number of anilines is 1. The summed E-state index contributed by atoms with van der Waals surface area (Å²) in [5, 5.41) is 7.64. The number of rotatable bonds is 3. The van der Waals surface area contributed by atoms with Crippen LogP contribution in [-0.4, -0.2) is 40.1 Å². The SMILES string of the molecule is CC(C)Nc1scc2c1C(=O)N([C@]1(C)CCC(=O)NC1=O)C2=O. The van der Waals surface area contributed by atoms with Gasteiger partial charge in [0.2, 0.25) is 5.91 Å². The fraction of sp³-hybridized carbons (Fsp3) is 0.467. The lowest BCUT2D eigenvalue weighted by Gasteiger charge is -2.38. The van der Waals surface area contributed by atoms with Crippen LogP contribution in [0.15, 0.2) is 5.38 Å². The Morgan fingerprint density at radius 3 is 2.57 bits per heavy atom. The Bertz CT molecular complexity index is 739. The smallest absolute Gasteiger partial charge is 0.265 e. The third-order valence-corrected chi connectivity index (χ3v) is 5.05. The van der Waals surface area contributed by atoms with Crippen LogP contribution in [0.25, 0.3) is 0 Å². The molecular weight excluding hydrogens is 318 g/mol. The van der Waals surface area contributed by atoms with E-state index in [9.17, 15) is 19.2 Å². The van der Waals surface area contributed by atoms with Crippen molar-refractivity contribution in [1.82, 2.24) is 10.2 Å². The zero-order valence-corrected chi connectivity index (χ0v) is 13.9. The Morgan fingerprint density at radius 2 is 1.96 bits per heavy atom. The van der Waals surface area contributed by atoms with E-state index in [-0.39, 0.29) is 24.8 Å². The van der Waals surface area contributed by atoms with E-state index in [2.05, 4.69) is 10.6 Å². The van der Waals surface area contributed by atoms with E-state index in [4.69, 9.17) is 0 Å². The van der Waals surface area contributed by atoms with Gasteiger partial charge in [-0.3, -0.25) is 29.4 Å². The highest BCUT2D eigenvalue weighted by Crippen LogP contribution is 2.40. The summed E-state index contributed by atoms with van der Waals surface area (Å²) < 4.78 is 0. The molecule has 1 aromatic heterocycles. The topological polar surface area (TPSA) is 95.6 Å². The average molecular weight is 335 g/mol. The van der Waals surface area contributed by atoms with Gasteiger partial charge in [-0.15, -0.1) is 11.3 Å². The van der Waals surface area contributed by atoms with Crippen LogP contribution in [-0.2, 0) is 9.59 Å². The minimum atomic E-state index is -1.34. The average Bonchev–Trinajstić information content (AvgIpc) is 2.96. The van der Waals surface area contributed by atoms with Gasteiger partial charge >= 0.3 is 0 Å². The number of carbonyl (C=O) groups excluding carboxylic acids is 4. The van der Waals surface area contributed by atoms with Crippen molar-refractivity contribution >= 4 is 40.0 Å². The summed E-state index contributed by atoms with van der Waals surface area (Å²) in [7, 11) is 0. The van der Waals surface area contributed by atoms with E-state index in [0.717, 1.165) is 4.90 Å². The lowest BCUT2D eigenvalue weighted by Crippen LogP contribution is -2.62. The Kier molecular flexibility index (Phi) is 3.51. The number of hydrogen-bond donors (Lipinski definition) is 2. The highest BCUT2D eigenvalue weighted by Gasteiger charge is 2.53. The molecule has 2 N–H and O–H groups in total. The van der Waals surface area contributed by atoms with Crippen molar-refractivity contribution in [3.05, 3.63) is 16.5 Å². The molecule has 2 aliphatic heterocycles. The first kappa shape index (κ1) is 15.7. The highest BCUT2D eigenvalue weighted by atomic mass is 32.1. The fourth-order valence-corrected chi connectivity index (χ4v) is 3.95. The second-order valence-corrected chi connectivity index (χ2v) is 7.13. The number of piperidine rings is 1. The van der Waals surface area contributed by atoms with Crippen LogP contribution in [0.2, 0.25) is 0 Å². The molecule has 0 saturated carbocycles. The van der Waals surface area contributed by atoms with Gasteiger partial charge in [-0.1, -0.05) is 0 Å². The summed E-state index contributed by atoms with van der Waals surface area (Å²) in [5.74, 6) is -1.96. The second kappa shape index (κ2) is 5.16. The largest absolute Gasteiger partial charge is 0.374 e. The Balaban J connectivity index is 1.99. The molecule has 1 atom stereocenters. The molecule has 0 aromatic carbocycles. The van der Waals surface area contributed by atoms with Gasteiger partial charge in [-0.25, -0.2) is 0 Å². The first-order chi connectivity index (χ1) is 10.8. The van der Waals surface area contributed by atoms with E-state index in [1.165, 1.54) is 18.3 Å². The fourth-order valence-electron chi connectivity index (χ4n) is 2.88. The lowest BCUT2D eigenvalue weighted by atomic mass is 9.89. The predicted molar refractivity (Wildman–Crippen MR) is 84.4 cm³/mol. The summed E-state index contributed by atoms with van der Waals surface area (Å²) in [6, 6.07) is 0.112. The number of imide groups is 2. The third-order valence-electron chi connectivity index (χ3n) is 4.14. The number of nitrogens with one attached hydrogen (secondary N) is 2. The number of thiophene rings is 1. The normalized spacial score (nSPS) is 24.3. The van der Waals surface area contributed by atoms with E-state index in [1.807, 2.05) is 13.8 Å². The van der Waals surface area contributed by atoms with Gasteiger partial charge < -0.3 is 5.32 Å². The maximum Gasteiger partial charge on any atom is 0.265 e. The molecule has 23 heavy (non-hydrogen) atoms. The van der Waals surface area contributed by atoms with Crippen molar-refractivity contribution in [2.75, 3.05) is 5.32 Å². The third kappa shape index (κ3) is 2.24. The standard InChI is InChI=1S/C15H17N3O4S/c1-7(2)16-11-10-8(6-23-11)12(20)18(13(10)21)15(3)5-4-9(19)17-14(15)22/h6-7,16H,4-5H2,1-3H3,(H,17,19,22)/t15-/m1/s1. The molecule has 7 nitrogen and oxygen atoms in total. The first-order valence-electron chi connectivity index (χ1n) is 7.37. The molecular formula is C15H17N3O4S. The van der Waals surface area contributed by atoms with Gasteiger partial charge in [0, 0.05) is 17.8 Å². The van der Waals surface area contributed by atoms with Crippen molar-refractivity contribution in [2.24, 2.45) is 0 Å². The Hall–Kier alpha value is -2.22. The molecule has 1 fully saturated rings. The molecule has 1 saturated heterocycles. The van der Waals surface area contributed by atoms with E-state index < -0.39 is 23.3 Å². The molecule has 0 radical (unpaired) electrons. The first-order valence-corrected chi connectivity index (χ1v) is 8.25. The zero-order valence-electron chi connectivity index (χ0n) is 13.1. The minimum Gasteiger partial charge on any atom is -0.374 e. The van der Waals surface area contributed by atoms with E-state index >= 15 is 0 Å². The zero-order chi connectivity index (χ0) is 16.9. The maximum atomic E-state index is 12.8. The highest BCUT2D eigenvalue weighted by molar-refractivity contribution is 7.15. The van der Waals surface area contributed by atoms with Gasteiger partial charge in [0.25, 0.3) is 17.7 Å². The van der Waals surface area contributed by atoms with Crippen molar-refractivity contribution in [3.63, 3.8) is 0 Å². The Morgan fingerprint density at radius 1 is 1.26 bits per heavy atom. The van der Waals surface area contributed by atoms with Gasteiger partial charge in [0.05, 0.1) is 11.1 Å². The number of hydrogen-bond acceptors (Lipinski definition) is 6. The molecule has 4 amide bonds. The molecule has 3 heterocycles. The van der Waals surface area contributed by atoms with Crippen molar-refractivity contribution in [3.8, 4) is 0 Å². The maximum absolute atomic E-state index is 12.8. The molecule has 8 heteroatoms. The number of amides is 4. The van der Waals surface area contributed by atoms with Crippen LogP contribution < -0.4 is 10.6 Å². The van der Waals surface area contributed by atoms with Crippen molar-refractivity contribution in [1.29, 1.82) is 0 Å². The molecule has 0 unspecified atom stereocenters. The number of nitrogens with zero attached hydrogens (tertiary/aromatic N) is 1. The lowest BCUT2D eigenvalue weighted by molar-refractivity contribution is -0.140. The number of carbonyl (C=O) groups is 4. The summed E-state index contributed by atoms with van der Waals surface area (Å²) in [4.78, 5) is 50.1. The quantitative estimate of drug-likeness (QED) is 0.813. The summed E-state index contributed by atoms with van der Waals surface area (Å²) >= 11 is 1.30. The minimum absolute atomic E-state index is 0.100. The van der Waals surface area contributed by atoms with Gasteiger partial charge in [-0.05, 0) is 27.2 Å².